The van der Waals surface area contributed by atoms with E-state index in [-0.39, 0.29) is 5.56 Å². The third-order valence-electron chi connectivity index (χ3n) is 3.27. The van der Waals surface area contributed by atoms with E-state index < -0.39 is 5.56 Å². The van der Waals surface area contributed by atoms with Crippen molar-refractivity contribution in [3.8, 4) is 23.1 Å². The largest absolute Gasteiger partial charge is 0.494 e. The van der Waals surface area contributed by atoms with Crippen molar-refractivity contribution in [2.45, 2.75) is 25.4 Å². The number of hydrogen-bond donors (Lipinski definition) is 1. The number of nitrogens with zero attached hydrogens (tertiary/aromatic N) is 2. The second kappa shape index (κ2) is 7.84. The van der Waals surface area contributed by atoms with Crippen molar-refractivity contribution in [3.63, 3.8) is 0 Å². The molecule has 120 valence electrons. The first-order valence-electron chi connectivity index (χ1n) is 7.36. The van der Waals surface area contributed by atoms with Gasteiger partial charge in [0.1, 0.15) is 17.4 Å². The number of aromatic amines is 1. The van der Waals surface area contributed by atoms with E-state index in [1.54, 1.807) is 0 Å². The molecule has 2 rings (SSSR count). The van der Waals surface area contributed by atoms with Crippen molar-refractivity contribution in [1.29, 1.82) is 5.26 Å². The number of ether oxygens (including phenoxy) is 1. The summed E-state index contributed by atoms with van der Waals surface area (Å²) in [5.41, 5.74) is 0.676. The van der Waals surface area contributed by atoms with Crippen LogP contribution in [-0.4, -0.2) is 22.8 Å². The van der Waals surface area contributed by atoms with E-state index in [2.05, 4.69) is 23.8 Å². The molecule has 0 saturated carbocycles. The Labute approximate surface area is 139 Å². The Morgan fingerprint density at radius 3 is 2.87 bits per heavy atom. The molecule has 0 unspecified atom stereocenters. The van der Waals surface area contributed by atoms with Gasteiger partial charge in [0.15, 0.2) is 5.16 Å². The van der Waals surface area contributed by atoms with Gasteiger partial charge in [-0.3, -0.25) is 4.79 Å². The van der Waals surface area contributed by atoms with Crippen LogP contribution in [0, 0.1) is 17.2 Å². The topological polar surface area (TPSA) is 78.8 Å². The second-order valence-corrected chi connectivity index (χ2v) is 6.26. The van der Waals surface area contributed by atoms with Crippen LogP contribution in [0.2, 0.25) is 0 Å². The van der Waals surface area contributed by atoms with E-state index in [0.717, 1.165) is 6.42 Å². The summed E-state index contributed by atoms with van der Waals surface area (Å²) in [5, 5.41) is 9.73. The number of hydrogen-bond acceptors (Lipinski definition) is 5. The van der Waals surface area contributed by atoms with Crippen LogP contribution >= 0.6 is 11.8 Å². The van der Waals surface area contributed by atoms with E-state index in [1.165, 1.54) is 11.8 Å². The summed E-state index contributed by atoms with van der Waals surface area (Å²) in [4.78, 5) is 19.0. The second-order valence-electron chi connectivity index (χ2n) is 5.47. The van der Waals surface area contributed by atoms with E-state index >= 15 is 0 Å². The molecule has 2 aromatic rings. The Balaban J connectivity index is 2.37. The number of nitrogens with one attached hydrogen (secondary N) is 1. The molecule has 5 nitrogen and oxygen atoms in total. The van der Waals surface area contributed by atoms with Crippen LogP contribution in [0.25, 0.3) is 11.3 Å². The molecule has 0 fully saturated rings. The summed E-state index contributed by atoms with van der Waals surface area (Å²) in [7, 11) is 0. The van der Waals surface area contributed by atoms with E-state index in [1.807, 2.05) is 36.6 Å². The summed E-state index contributed by atoms with van der Waals surface area (Å²) in [5.74, 6) is 1.28. The highest BCUT2D eigenvalue weighted by Crippen LogP contribution is 2.25. The molecule has 0 saturated heterocycles. The lowest BCUT2D eigenvalue weighted by Gasteiger charge is -2.10. The van der Waals surface area contributed by atoms with Gasteiger partial charge in [-0.15, -0.1) is 0 Å². The number of rotatable bonds is 6. The Kier molecular flexibility index (Phi) is 5.83. The van der Waals surface area contributed by atoms with Crippen molar-refractivity contribution >= 4 is 11.8 Å². The zero-order valence-electron chi connectivity index (χ0n) is 13.4. The molecule has 1 N–H and O–H groups in total. The first-order chi connectivity index (χ1) is 11.0. The number of thioether (sulfide) groups is 1. The zero-order valence-corrected chi connectivity index (χ0v) is 14.2. The predicted molar refractivity (Wildman–Crippen MR) is 91.7 cm³/mol. The first-order valence-corrected chi connectivity index (χ1v) is 8.59. The van der Waals surface area contributed by atoms with Crippen LogP contribution in [-0.2, 0) is 0 Å². The molecule has 1 aromatic carbocycles. The number of benzene rings is 1. The molecule has 0 atom stereocenters. The summed E-state index contributed by atoms with van der Waals surface area (Å²) in [6.07, 6.45) is 2.78. The van der Waals surface area contributed by atoms with Gasteiger partial charge in [-0.05, 0) is 30.7 Å². The molecule has 0 aliphatic rings. The van der Waals surface area contributed by atoms with Crippen molar-refractivity contribution in [1.82, 2.24) is 9.97 Å². The molecule has 1 aromatic heterocycles. The van der Waals surface area contributed by atoms with Gasteiger partial charge in [0.05, 0.1) is 12.3 Å². The third kappa shape index (κ3) is 4.36. The quantitative estimate of drug-likeness (QED) is 0.648. The van der Waals surface area contributed by atoms with Crippen molar-refractivity contribution in [2.75, 3.05) is 12.9 Å². The van der Waals surface area contributed by atoms with Gasteiger partial charge < -0.3 is 9.72 Å². The van der Waals surface area contributed by atoms with Crippen LogP contribution in [0.1, 0.15) is 25.8 Å². The lowest BCUT2D eigenvalue weighted by Crippen LogP contribution is -2.14. The molecular weight excluding hydrogens is 310 g/mol. The minimum Gasteiger partial charge on any atom is -0.494 e. The van der Waals surface area contributed by atoms with Crippen molar-refractivity contribution < 1.29 is 4.74 Å². The summed E-state index contributed by atoms with van der Waals surface area (Å²) >= 11 is 1.32. The maximum absolute atomic E-state index is 12.0. The lowest BCUT2D eigenvalue weighted by molar-refractivity contribution is 0.289. The Hall–Kier alpha value is -2.26. The van der Waals surface area contributed by atoms with Gasteiger partial charge in [-0.2, -0.15) is 5.26 Å². The van der Waals surface area contributed by atoms with Crippen LogP contribution in [0.15, 0.2) is 34.2 Å². The Morgan fingerprint density at radius 1 is 1.43 bits per heavy atom. The fourth-order valence-electron chi connectivity index (χ4n) is 2.01. The Morgan fingerprint density at radius 2 is 2.22 bits per heavy atom. The highest BCUT2D eigenvalue weighted by Gasteiger charge is 2.13. The van der Waals surface area contributed by atoms with Crippen LogP contribution in [0.3, 0.4) is 0 Å². The van der Waals surface area contributed by atoms with E-state index in [0.29, 0.717) is 34.7 Å². The average molecular weight is 329 g/mol. The standard InChI is InChI=1S/C17H19N3O2S/c1-11(2)7-8-22-13-6-4-5-12(9-13)15-14(10-18)16(21)20-17(19-15)23-3/h4-6,9,11H,7-8H2,1-3H3,(H,19,20,21). The van der Waals surface area contributed by atoms with Crippen LogP contribution < -0.4 is 10.3 Å². The first kappa shape index (κ1) is 17.1. The SMILES string of the molecule is CSc1nc(-c2cccc(OCCC(C)C)c2)c(C#N)c(=O)[nH]1. The van der Waals surface area contributed by atoms with Gasteiger partial charge in [-0.25, -0.2) is 4.98 Å². The molecule has 0 amide bonds. The fraction of sp³-hybridized carbons (Fsp3) is 0.353. The average Bonchev–Trinajstić information content (AvgIpc) is 2.54. The Bertz CT molecular complexity index is 778. The smallest absolute Gasteiger partial charge is 0.270 e. The molecule has 0 spiro atoms. The normalized spacial score (nSPS) is 10.6. The molecule has 0 bridgehead atoms. The summed E-state index contributed by atoms with van der Waals surface area (Å²) in [6, 6.07) is 9.26. The van der Waals surface area contributed by atoms with Gasteiger partial charge in [0, 0.05) is 5.56 Å². The number of aromatic nitrogens is 2. The van der Waals surface area contributed by atoms with Gasteiger partial charge in [0.25, 0.3) is 5.56 Å². The number of nitriles is 1. The van der Waals surface area contributed by atoms with E-state index in [9.17, 15) is 10.1 Å². The summed E-state index contributed by atoms with van der Waals surface area (Å²) < 4.78 is 5.74. The molecular formula is C17H19N3O2S. The van der Waals surface area contributed by atoms with Gasteiger partial charge in [-0.1, -0.05) is 37.7 Å². The minimum absolute atomic E-state index is 0.0159. The predicted octanol–water partition coefficient (Wildman–Crippen LogP) is 3.46. The highest BCUT2D eigenvalue weighted by molar-refractivity contribution is 7.98. The minimum atomic E-state index is -0.423. The van der Waals surface area contributed by atoms with Crippen molar-refractivity contribution in [2.24, 2.45) is 5.92 Å². The zero-order chi connectivity index (χ0) is 16.8. The van der Waals surface area contributed by atoms with Gasteiger partial charge >= 0.3 is 0 Å². The maximum atomic E-state index is 12.0. The maximum Gasteiger partial charge on any atom is 0.270 e. The molecule has 6 heteroatoms. The lowest BCUT2D eigenvalue weighted by atomic mass is 10.1. The molecule has 23 heavy (non-hydrogen) atoms. The van der Waals surface area contributed by atoms with E-state index in [4.69, 9.17) is 4.74 Å². The molecule has 0 aliphatic heterocycles. The monoisotopic (exact) mass is 329 g/mol. The highest BCUT2D eigenvalue weighted by atomic mass is 32.2. The van der Waals surface area contributed by atoms with Crippen LogP contribution in [0.5, 0.6) is 5.75 Å². The molecule has 0 aliphatic carbocycles. The summed E-state index contributed by atoms with van der Waals surface area (Å²) in [6.45, 7) is 4.91. The number of H-pyrrole nitrogens is 1. The third-order valence-corrected chi connectivity index (χ3v) is 3.85. The van der Waals surface area contributed by atoms with Gasteiger partial charge in [0.2, 0.25) is 0 Å². The molecule has 1 heterocycles. The van der Waals surface area contributed by atoms with Crippen molar-refractivity contribution in [3.05, 3.63) is 40.2 Å². The molecule has 0 radical (unpaired) electrons. The van der Waals surface area contributed by atoms with Crippen LogP contribution in [0.4, 0.5) is 0 Å². The fourth-order valence-corrected chi connectivity index (χ4v) is 2.38.